The van der Waals surface area contributed by atoms with Gasteiger partial charge in [0, 0.05) is 33.0 Å². The van der Waals surface area contributed by atoms with E-state index in [-0.39, 0.29) is 5.91 Å². The fraction of sp³-hybridized carbons (Fsp3) is 0.727. The van der Waals surface area contributed by atoms with Gasteiger partial charge in [0.05, 0.1) is 6.54 Å². The average molecular weight is 240 g/mol. The number of carbonyl (C=O) groups excluding carboxylic acids is 1. The van der Waals surface area contributed by atoms with Crippen molar-refractivity contribution in [1.82, 2.24) is 20.4 Å². The van der Waals surface area contributed by atoms with Crippen LogP contribution in [0.1, 0.15) is 32.0 Å². The number of hydrogen-bond acceptors (Lipinski definition) is 5. The van der Waals surface area contributed by atoms with Crippen LogP contribution in [0.2, 0.25) is 0 Å². The molecule has 17 heavy (non-hydrogen) atoms. The summed E-state index contributed by atoms with van der Waals surface area (Å²) < 4.78 is 5.20. The van der Waals surface area contributed by atoms with E-state index in [4.69, 9.17) is 4.42 Å². The third-order valence-electron chi connectivity index (χ3n) is 2.48. The Bertz CT molecular complexity index is 347. The monoisotopic (exact) mass is 240 g/mol. The summed E-state index contributed by atoms with van der Waals surface area (Å²) in [5, 5.41) is 10.7. The van der Waals surface area contributed by atoms with Gasteiger partial charge in [-0.2, -0.15) is 0 Å². The highest BCUT2D eigenvalue weighted by Crippen LogP contribution is 1.97. The van der Waals surface area contributed by atoms with Crippen molar-refractivity contribution in [3.05, 3.63) is 11.8 Å². The molecule has 0 saturated carbocycles. The van der Waals surface area contributed by atoms with Crippen LogP contribution < -0.4 is 5.32 Å². The molecule has 0 aromatic carbocycles. The largest absolute Gasteiger partial charge is 0.424 e. The van der Waals surface area contributed by atoms with Gasteiger partial charge in [-0.25, -0.2) is 0 Å². The van der Waals surface area contributed by atoms with E-state index in [0.717, 1.165) is 13.1 Å². The van der Waals surface area contributed by atoms with Crippen molar-refractivity contribution in [2.45, 2.75) is 33.7 Å². The van der Waals surface area contributed by atoms with Crippen LogP contribution in [0.4, 0.5) is 0 Å². The third kappa shape index (κ3) is 4.52. The first-order valence-electron chi connectivity index (χ1n) is 5.94. The molecule has 1 amide bonds. The van der Waals surface area contributed by atoms with E-state index in [9.17, 15) is 4.79 Å². The van der Waals surface area contributed by atoms with E-state index >= 15 is 0 Å². The van der Waals surface area contributed by atoms with Gasteiger partial charge in [-0.05, 0) is 13.8 Å². The first kappa shape index (κ1) is 13.6. The highest BCUT2D eigenvalue weighted by Gasteiger charge is 2.08. The van der Waals surface area contributed by atoms with Crippen molar-refractivity contribution in [1.29, 1.82) is 0 Å². The Morgan fingerprint density at radius 1 is 1.35 bits per heavy atom. The number of amides is 1. The Morgan fingerprint density at radius 3 is 2.59 bits per heavy atom. The zero-order valence-corrected chi connectivity index (χ0v) is 10.7. The number of carbonyl (C=O) groups is 1. The summed E-state index contributed by atoms with van der Waals surface area (Å²) >= 11 is 0. The Morgan fingerprint density at radius 2 is 2.06 bits per heavy atom. The summed E-state index contributed by atoms with van der Waals surface area (Å²) in [6, 6.07) is 0. The number of hydrogen-bond donors (Lipinski definition) is 1. The van der Waals surface area contributed by atoms with Crippen LogP contribution in [0.5, 0.6) is 0 Å². The Labute approximate surface area is 101 Å². The minimum atomic E-state index is 0.171. The molecule has 1 aromatic heterocycles. The summed E-state index contributed by atoms with van der Waals surface area (Å²) in [5.74, 6) is 1.28. The third-order valence-corrected chi connectivity index (χ3v) is 2.48. The van der Waals surface area contributed by atoms with E-state index in [0.29, 0.717) is 31.3 Å². The lowest BCUT2D eigenvalue weighted by Gasteiger charge is -2.18. The normalized spacial score (nSPS) is 10.5. The average Bonchev–Trinajstić information content (AvgIpc) is 2.72. The Balaban J connectivity index is 2.17. The van der Waals surface area contributed by atoms with Gasteiger partial charge in [-0.15, -0.1) is 10.2 Å². The van der Waals surface area contributed by atoms with Gasteiger partial charge in [-0.3, -0.25) is 4.79 Å². The van der Waals surface area contributed by atoms with Gasteiger partial charge in [0.2, 0.25) is 17.7 Å². The molecule has 1 rings (SSSR count). The summed E-state index contributed by atoms with van der Waals surface area (Å²) in [7, 11) is 0. The molecular formula is C11H20N4O2. The second kappa shape index (κ2) is 7.01. The highest BCUT2D eigenvalue weighted by atomic mass is 16.4. The fourth-order valence-electron chi connectivity index (χ4n) is 1.53. The van der Waals surface area contributed by atoms with Crippen molar-refractivity contribution in [2.75, 3.05) is 19.6 Å². The van der Waals surface area contributed by atoms with Crippen LogP contribution >= 0.6 is 0 Å². The van der Waals surface area contributed by atoms with Gasteiger partial charge in [-0.1, -0.05) is 0 Å². The van der Waals surface area contributed by atoms with E-state index in [1.807, 2.05) is 18.7 Å². The Kier molecular flexibility index (Phi) is 5.62. The van der Waals surface area contributed by atoms with Gasteiger partial charge in [0.25, 0.3) is 0 Å². The lowest BCUT2D eigenvalue weighted by molar-refractivity contribution is -0.130. The van der Waals surface area contributed by atoms with Crippen LogP contribution in [-0.4, -0.2) is 40.6 Å². The minimum Gasteiger partial charge on any atom is -0.424 e. The molecule has 0 aliphatic rings. The number of rotatable bonds is 7. The zero-order chi connectivity index (χ0) is 12.7. The van der Waals surface area contributed by atoms with Gasteiger partial charge < -0.3 is 14.6 Å². The number of aryl methyl sites for hydroxylation is 1. The molecule has 0 radical (unpaired) electrons. The van der Waals surface area contributed by atoms with Crippen LogP contribution in [-0.2, 0) is 11.3 Å². The maximum Gasteiger partial charge on any atom is 0.230 e. The van der Waals surface area contributed by atoms with Crippen molar-refractivity contribution in [3.63, 3.8) is 0 Å². The summed E-state index contributed by atoms with van der Waals surface area (Å²) in [6.07, 6.45) is 0.495. The highest BCUT2D eigenvalue weighted by molar-refractivity contribution is 5.76. The number of nitrogens with one attached hydrogen (secondary N) is 1. The zero-order valence-electron chi connectivity index (χ0n) is 10.7. The maximum atomic E-state index is 11.7. The maximum absolute atomic E-state index is 11.7. The van der Waals surface area contributed by atoms with E-state index in [1.165, 1.54) is 0 Å². The topological polar surface area (TPSA) is 71.3 Å². The van der Waals surface area contributed by atoms with Crippen LogP contribution in [0.25, 0.3) is 0 Å². The molecule has 0 fully saturated rings. The lowest BCUT2D eigenvalue weighted by Crippen LogP contribution is -2.32. The molecule has 0 atom stereocenters. The van der Waals surface area contributed by atoms with E-state index in [2.05, 4.69) is 15.5 Å². The smallest absolute Gasteiger partial charge is 0.230 e. The molecule has 96 valence electrons. The Hall–Kier alpha value is -1.43. The van der Waals surface area contributed by atoms with Crippen molar-refractivity contribution in [3.8, 4) is 0 Å². The van der Waals surface area contributed by atoms with Gasteiger partial charge in [0.1, 0.15) is 0 Å². The van der Waals surface area contributed by atoms with Crippen LogP contribution in [0, 0.1) is 6.92 Å². The second-order valence-electron chi connectivity index (χ2n) is 3.71. The predicted octanol–water partition coefficient (Wildman–Crippen LogP) is 0.726. The van der Waals surface area contributed by atoms with Crippen molar-refractivity contribution in [2.24, 2.45) is 0 Å². The fourth-order valence-corrected chi connectivity index (χ4v) is 1.53. The minimum absolute atomic E-state index is 0.171. The van der Waals surface area contributed by atoms with Gasteiger partial charge in [0.15, 0.2) is 0 Å². The molecule has 1 aromatic rings. The van der Waals surface area contributed by atoms with Gasteiger partial charge >= 0.3 is 0 Å². The standard InChI is InChI=1S/C11H20N4O2/c1-4-15(5-2)11(16)6-7-12-8-10-14-13-9(3)17-10/h12H,4-8H2,1-3H3. The van der Waals surface area contributed by atoms with E-state index in [1.54, 1.807) is 6.92 Å². The molecule has 0 saturated heterocycles. The van der Waals surface area contributed by atoms with Crippen LogP contribution in [0.15, 0.2) is 4.42 Å². The van der Waals surface area contributed by atoms with Crippen molar-refractivity contribution >= 4 is 5.91 Å². The molecule has 1 N–H and O–H groups in total. The second-order valence-corrected chi connectivity index (χ2v) is 3.71. The lowest BCUT2D eigenvalue weighted by atomic mass is 10.3. The predicted molar refractivity (Wildman–Crippen MR) is 63.3 cm³/mol. The summed E-state index contributed by atoms with van der Waals surface area (Å²) in [4.78, 5) is 13.5. The summed E-state index contributed by atoms with van der Waals surface area (Å²) in [5.41, 5.74) is 0. The molecule has 0 aliphatic heterocycles. The SMILES string of the molecule is CCN(CC)C(=O)CCNCc1nnc(C)o1. The molecule has 0 bridgehead atoms. The number of aromatic nitrogens is 2. The molecule has 0 spiro atoms. The molecule has 0 aliphatic carbocycles. The number of nitrogens with zero attached hydrogens (tertiary/aromatic N) is 3. The van der Waals surface area contributed by atoms with Crippen molar-refractivity contribution < 1.29 is 9.21 Å². The first-order valence-corrected chi connectivity index (χ1v) is 5.94. The van der Waals surface area contributed by atoms with E-state index < -0.39 is 0 Å². The molecule has 6 heteroatoms. The molecular weight excluding hydrogens is 220 g/mol. The van der Waals surface area contributed by atoms with Crippen LogP contribution in [0.3, 0.4) is 0 Å². The quantitative estimate of drug-likeness (QED) is 0.711. The summed E-state index contributed by atoms with van der Waals surface area (Å²) in [6.45, 7) is 8.37. The molecule has 0 unspecified atom stereocenters. The first-order chi connectivity index (χ1) is 8.17. The molecule has 6 nitrogen and oxygen atoms in total. The molecule has 1 heterocycles.